The summed E-state index contributed by atoms with van der Waals surface area (Å²) in [5, 5.41) is 0. The Kier molecular flexibility index (Phi) is 5.41. The summed E-state index contributed by atoms with van der Waals surface area (Å²) in [4.78, 5) is 0. The zero-order valence-electron chi connectivity index (χ0n) is 10.6. The van der Waals surface area contributed by atoms with E-state index in [1.807, 2.05) is 0 Å². The minimum absolute atomic E-state index is 0. The van der Waals surface area contributed by atoms with Crippen molar-refractivity contribution in [1.82, 2.24) is 0 Å². The zero-order chi connectivity index (χ0) is 10.1. The predicted molar refractivity (Wildman–Crippen MR) is 63.3 cm³/mol. The molecule has 2 heteroatoms. The SMILES string of the molecule is [2H]C1([P+]2(CC)CCCCCC2)CCC1.[Y]. The fraction of sp³-hybridized carbons (Fsp3) is 1.00. The summed E-state index contributed by atoms with van der Waals surface area (Å²) in [5.41, 5.74) is 0.0894. The van der Waals surface area contributed by atoms with Gasteiger partial charge in [0.2, 0.25) is 0 Å². The molecule has 0 atom stereocenters. The number of hydrogen-bond acceptors (Lipinski definition) is 0. The van der Waals surface area contributed by atoms with Crippen LogP contribution in [0.25, 0.3) is 0 Å². The van der Waals surface area contributed by atoms with Gasteiger partial charge in [-0.05, 0) is 51.9 Å². The molecule has 1 radical (unpaired) electrons. The Balaban J connectivity index is 0.00000112. The molecule has 79 valence electrons. The van der Waals surface area contributed by atoms with Crippen molar-refractivity contribution in [2.24, 2.45) is 0 Å². The topological polar surface area (TPSA) is 0 Å². The second-order valence-corrected chi connectivity index (χ2v) is 9.19. The van der Waals surface area contributed by atoms with Crippen LogP contribution in [0.1, 0.15) is 53.2 Å². The number of rotatable bonds is 2. The van der Waals surface area contributed by atoms with Crippen LogP contribution >= 0.6 is 7.26 Å². The summed E-state index contributed by atoms with van der Waals surface area (Å²) in [6, 6.07) is 0. The molecular weight excluding hydrogens is 264 g/mol. The Morgan fingerprint density at radius 3 is 2.00 bits per heavy atom. The van der Waals surface area contributed by atoms with Gasteiger partial charge < -0.3 is 0 Å². The van der Waals surface area contributed by atoms with Gasteiger partial charge >= 0.3 is 0 Å². The Hall–Kier alpha value is 1.53. The first kappa shape index (κ1) is 12.0. The van der Waals surface area contributed by atoms with Crippen LogP contribution in [0.3, 0.4) is 0 Å². The molecule has 2 aliphatic rings. The van der Waals surface area contributed by atoms with Crippen LogP contribution in [0.4, 0.5) is 0 Å². The maximum absolute atomic E-state index is 8.65. The average molecular weight is 289 g/mol. The molecule has 0 spiro atoms. The first-order valence-electron chi connectivity index (χ1n) is 6.59. The third kappa shape index (κ3) is 2.80. The third-order valence-corrected chi connectivity index (χ3v) is 9.47. The van der Waals surface area contributed by atoms with Gasteiger partial charge in [-0.3, -0.25) is 0 Å². The molecule has 0 bridgehead atoms. The van der Waals surface area contributed by atoms with E-state index in [4.69, 9.17) is 1.37 Å². The second-order valence-electron chi connectivity index (χ2n) is 4.74. The van der Waals surface area contributed by atoms with Crippen molar-refractivity contribution in [2.75, 3.05) is 18.5 Å². The van der Waals surface area contributed by atoms with Gasteiger partial charge in [0.05, 0.1) is 25.5 Å². The van der Waals surface area contributed by atoms with E-state index in [0.29, 0.717) is 0 Å². The van der Waals surface area contributed by atoms with Crippen molar-refractivity contribution in [1.29, 1.82) is 0 Å². The van der Waals surface area contributed by atoms with E-state index in [2.05, 4.69) is 6.92 Å². The molecule has 1 saturated carbocycles. The average Bonchev–Trinajstić information content (AvgIpc) is 2.40. The van der Waals surface area contributed by atoms with Gasteiger partial charge in [-0.2, -0.15) is 0 Å². The fourth-order valence-corrected chi connectivity index (χ4v) is 7.82. The number of hydrogen-bond donors (Lipinski definition) is 0. The molecule has 1 aliphatic carbocycles. The van der Waals surface area contributed by atoms with Gasteiger partial charge in [0, 0.05) is 40.0 Å². The molecule has 0 N–H and O–H groups in total. The molecule has 1 saturated heterocycles. The van der Waals surface area contributed by atoms with Crippen molar-refractivity contribution in [2.45, 2.75) is 57.5 Å². The standard InChI is InChI=1S/C12H24P.Y/c1-2-13(12-8-7-9-12)10-5-3-4-6-11-13;/h12H,2-11H2,1H3;/q+1;/i12D;. The van der Waals surface area contributed by atoms with E-state index in [0.717, 1.165) is 0 Å². The van der Waals surface area contributed by atoms with Crippen LogP contribution in [-0.4, -0.2) is 24.1 Å². The van der Waals surface area contributed by atoms with Gasteiger partial charge in [0.15, 0.2) is 0 Å². The van der Waals surface area contributed by atoms with E-state index in [9.17, 15) is 0 Å². The maximum Gasteiger partial charge on any atom is 0.0745 e. The zero-order valence-corrected chi connectivity index (χ0v) is 13.3. The van der Waals surface area contributed by atoms with E-state index in [-0.39, 0.29) is 38.3 Å². The molecule has 1 heterocycles. The van der Waals surface area contributed by atoms with Crippen molar-refractivity contribution in [3.63, 3.8) is 0 Å². The molecule has 0 nitrogen and oxygen atoms in total. The molecule has 0 aromatic heterocycles. The Labute approximate surface area is 117 Å². The molecule has 0 aromatic carbocycles. The first-order valence-corrected chi connectivity index (χ1v) is 8.43. The van der Waals surface area contributed by atoms with E-state index >= 15 is 0 Å². The van der Waals surface area contributed by atoms with Crippen molar-refractivity contribution in [3.05, 3.63) is 0 Å². The fourth-order valence-electron chi connectivity index (χ4n) is 2.96. The smallest absolute Gasteiger partial charge is 0.0497 e. The molecule has 1 aliphatic heterocycles. The van der Waals surface area contributed by atoms with Gasteiger partial charge in [0.25, 0.3) is 0 Å². The summed E-state index contributed by atoms with van der Waals surface area (Å²) in [6.07, 6.45) is 13.8. The molecule has 2 rings (SSSR count). The summed E-state index contributed by atoms with van der Waals surface area (Å²) >= 11 is 0. The molecule has 2 fully saturated rings. The summed E-state index contributed by atoms with van der Waals surface area (Å²) in [5.74, 6) is 0. The van der Waals surface area contributed by atoms with E-state index in [1.54, 1.807) is 0 Å². The molecule has 14 heavy (non-hydrogen) atoms. The van der Waals surface area contributed by atoms with Crippen molar-refractivity contribution in [3.8, 4) is 0 Å². The Bertz CT molecular complexity index is 196. The van der Waals surface area contributed by atoms with Gasteiger partial charge in [-0.25, -0.2) is 0 Å². The van der Waals surface area contributed by atoms with Crippen molar-refractivity contribution >= 4 is 7.26 Å². The predicted octanol–water partition coefficient (Wildman–Crippen LogP) is 4.15. The molecular formula is C12H24PY+. The van der Waals surface area contributed by atoms with Crippen molar-refractivity contribution < 1.29 is 34.1 Å². The van der Waals surface area contributed by atoms with Crippen LogP contribution in [0.5, 0.6) is 0 Å². The first-order chi connectivity index (χ1) is 6.72. The molecule has 0 amide bonds. The van der Waals surface area contributed by atoms with Crippen LogP contribution in [0.15, 0.2) is 0 Å². The summed E-state index contributed by atoms with van der Waals surface area (Å²) < 4.78 is 8.65. The van der Waals surface area contributed by atoms with Crippen LogP contribution in [0, 0.1) is 0 Å². The van der Waals surface area contributed by atoms with Crippen LogP contribution in [-0.2, 0) is 32.7 Å². The molecule has 0 aromatic rings. The maximum atomic E-state index is 8.65. The minimum Gasteiger partial charge on any atom is -0.0497 e. The monoisotopic (exact) mass is 289 g/mol. The molecule has 0 unspecified atom stereocenters. The van der Waals surface area contributed by atoms with E-state index < -0.39 is 7.26 Å². The minimum atomic E-state index is -0.864. The summed E-state index contributed by atoms with van der Waals surface area (Å²) in [7, 11) is -0.864. The normalized spacial score (nSPS) is 30.5. The third-order valence-electron chi connectivity index (χ3n) is 4.13. The van der Waals surface area contributed by atoms with Crippen LogP contribution in [0.2, 0.25) is 0 Å². The van der Waals surface area contributed by atoms with Gasteiger partial charge in [-0.15, -0.1) is 0 Å². The quantitative estimate of drug-likeness (QED) is 0.670. The largest absolute Gasteiger partial charge is 0.0745 e. The van der Waals surface area contributed by atoms with E-state index in [1.165, 1.54) is 63.4 Å². The Morgan fingerprint density at radius 2 is 1.64 bits per heavy atom. The Morgan fingerprint density at radius 1 is 1.07 bits per heavy atom. The van der Waals surface area contributed by atoms with Gasteiger partial charge in [-0.1, -0.05) is 0 Å². The van der Waals surface area contributed by atoms with Gasteiger partial charge in [0.1, 0.15) is 0 Å². The second kappa shape index (κ2) is 6.31. The summed E-state index contributed by atoms with van der Waals surface area (Å²) in [6.45, 7) is 2.37. The van der Waals surface area contributed by atoms with Crippen LogP contribution < -0.4 is 0 Å².